The number of piperidine rings is 1. The van der Waals surface area contributed by atoms with Gasteiger partial charge in [-0.3, -0.25) is 9.59 Å². The zero-order valence-corrected chi connectivity index (χ0v) is 16.3. The number of nitrogens with one attached hydrogen (secondary N) is 2. The number of aliphatic carboxylic acids is 2. The summed E-state index contributed by atoms with van der Waals surface area (Å²) in [6, 6.07) is 3.94. The lowest BCUT2D eigenvalue weighted by Crippen LogP contribution is -2.29. The van der Waals surface area contributed by atoms with E-state index >= 15 is 0 Å². The Labute approximate surface area is 172 Å². The molecule has 10 heteroatoms. The second kappa shape index (κ2) is 11.6. The lowest BCUT2D eigenvalue weighted by molar-refractivity contribution is -0.140. The van der Waals surface area contributed by atoms with E-state index < -0.39 is 30.9 Å². The maximum Gasteiger partial charge on any atom is 0.341 e. The molecule has 30 heavy (non-hydrogen) atoms. The van der Waals surface area contributed by atoms with Crippen molar-refractivity contribution < 1.29 is 38.9 Å². The number of allylic oxidation sites excluding steroid dienone is 1. The third kappa shape index (κ3) is 7.92. The molecule has 1 amide bonds. The number of carboxylic acids is 2. The molecule has 0 spiro atoms. The maximum absolute atomic E-state index is 12.4. The van der Waals surface area contributed by atoms with E-state index in [1.165, 1.54) is 24.3 Å². The average Bonchev–Trinajstić information content (AvgIpc) is 2.73. The molecule has 1 heterocycles. The van der Waals surface area contributed by atoms with Gasteiger partial charge in [-0.1, -0.05) is 6.08 Å². The Balaban J connectivity index is 1.96. The van der Waals surface area contributed by atoms with Gasteiger partial charge in [0.2, 0.25) is 5.91 Å². The zero-order valence-electron chi connectivity index (χ0n) is 16.3. The lowest BCUT2D eigenvalue weighted by Gasteiger charge is -2.18. The van der Waals surface area contributed by atoms with Gasteiger partial charge >= 0.3 is 11.9 Å². The first-order valence-electron chi connectivity index (χ1n) is 9.38. The van der Waals surface area contributed by atoms with Crippen LogP contribution in [0.1, 0.15) is 23.2 Å². The van der Waals surface area contributed by atoms with Gasteiger partial charge in [-0.25, -0.2) is 9.59 Å². The van der Waals surface area contributed by atoms with Gasteiger partial charge in [0.1, 0.15) is 0 Å². The van der Waals surface area contributed by atoms with Crippen LogP contribution in [0.15, 0.2) is 30.4 Å². The Morgan fingerprint density at radius 2 is 1.67 bits per heavy atom. The van der Waals surface area contributed by atoms with Crippen molar-refractivity contribution in [2.45, 2.75) is 12.8 Å². The normalized spacial score (nSPS) is 14.3. The fourth-order valence-electron chi connectivity index (χ4n) is 2.78. The number of benzene rings is 1. The summed E-state index contributed by atoms with van der Waals surface area (Å²) in [5.41, 5.74) is 0.153. The third-order valence-electron chi connectivity index (χ3n) is 4.29. The minimum atomic E-state index is -1.25. The molecule has 0 unspecified atom stereocenters. The zero-order chi connectivity index (χ0) is 21.9. The first kappa shape index (κ1) is 22.9. The summed E-state index contributed by atoms with van der Waals surface area (Å²) in [5.74, 6) is -3.04. The molecular formula is C20H24N2O8. The number of ketones is 1. The van der Waals surface area contributed by atoms with Crippen LogP contribution in [0.2, 0.25) is 0 Å². The van der Waals surface area contributed by atoms with Crippen molar-refractivity contribution in [1.82, 2.24) is 10.6 Å². The molecule has 0 aliphatic carbocycles. The van der Waals surface area contributed by atoms with E-state index in [1.54, 1.807) is 0 Å². The molecule has 1 aliphatic heterocycles. The molecule has 0 radical (unpaired) electrons. The van der Waals surface area contributed by atoms with Crippen molar-refractivity contribution in [2.75, 3.05) is 32.8 Å². The molecule has 1 aliphatic rings. The van der Waals surface area contributed by atoms with Crippen molar-refractivity contribution in [1.29, 1.82) is 0 Å². The predicted molar refractivity (Wildman–Crippen MR) is 105 cm³/mol. The molecule has 10 nitrogen and oxygen atoms in total. The lowest BCUT2D eigenvalue weighted by atomic mass is 9.98. The van der Waals surface area contributed by atoms with Gasteiger partial charge in [0.15, 0.2) is 30.5 Å². The number of rotatable bonds is 11. The van der Waals surface area contributed by atoms with Crippen LogP contribution in [-0.4, -0.2) is 66.7 Å². The topological polar surface area (TPSA) is 151 Å². The van der Waals surface area contributed by atoms with Gasteiger partial charge < -0.3 is 30.3 Å². The van der Waals surface area contributed by atoms with Gasteiger partial charge in [0.25, 0.3) is 0 Å². The molecule has 162 valence electrons. The highest BCUT2D eigenvalue weighted by atomic mass is 16.5. The smallest absolute Gasteiger partial charge is 0.341 e. The van der Waals surface area contributed by atoms with Crippen LogP contribution in [0.25, 0.3) is 0 Å². The highest BCUT2D eigenvalue weighted by Gasteiger charge is 2.15. The number of carboxylic acid groups (broad SMARTS) is 2. The molecule has 1 saturated heterocycles. The number of carbonyl (C=O) groups excluding carboxylic acids is 2. The van der Waals surface area contributed by atoms with E-state index in [4.69, 9.17) is 19.7 Å². The minimum absolute atomic E-state index is 0.0101. The van der Waals surface area contributed by atoms with Crippen LogP contribution < -0.4 is 20.1 Å². The van der Waals surface area contributed by atoms with Gasteiger partial charge in [-0.15, -0.1) is 0 Å². The third-order valence-corrected chi connectivity index (χ3v) is 4.29. The Hall–Kier alpha value is -3.40. The summed E-state index contributed by atoms with van der Waals surface area (Å²) in [5, 5.41) is 23.2. The van der Waals surface area contributed by atoms with Crippen molar-refractivity contribution >= 4 is 23.6 Å². The molecule has 2 rings (SSSR count). The maximum atomic E-state index is 12.4. The van der Waals surface area contributed by atoms with Crippen LogP contribution in [-0.2, 0) is 14.4 Å². The Kier molecular flexibility index (Phi) is 8.82. The van der Waals surface area contributed by atoms with Gasteiger partial charge in [0, 0.05) is 5.56 Å². The van der Waals surface area contributed by atoms with Crippen molar-refractivity contribution in [3.63, 3.8) is 0 Å². The standard InChI is InChI=1S/C20H24N2O8/c23-15(10-22-18(24)4-1-13-5-7-21-8-6-13)14-2-3-16(29-11-19(25)26)17(9-14)30-12-20(27)28/h1-4,9,13,21H,5-8,10-12H2,(H,22,24)(H,25,26)(H,27,28)/b4-1+. The monoisotopic (exact) mass is 420 g/mol. The first-order valence-corrected chi connectivity index (χ1v) is 9.38. The molecule has 1 fully saturated rings. The Morgan fingerprint density at radius 3 is 2.30 bits per heavy atom. The van der Waals surface area contributed by atoms with E-state index in [2.05, 4.69) is 10.6 Å². The molecule has 0 atom stereocenters. The molecule has 4 N–H and O–H groups in total. The fourth-order valence-corrected chi connectivity index (χ4v) is 2.78. The first-order chi connectivity index (χ1) is 14.3. The highest BCUT2D eigenvalue weighted by molar-refractivity contribution is 6.01. The van der Waals surface area contributed by atoms with Crippen molar-refractivity contribution in [3.8, 4) is 11.5 Å². The largest absolute Gasteiger partial charge is 0.479 e. The number of carbonyl (C=O) groups is 4. The Bertz CT molecular complexity index is 815. The molecule has 1 aromatic rings. The van der Waals surface area contributed by atoms with Crippen LogP contribution in [0.5, 0.6) is 11.5 Å². The summed E-state index contributed by atoms with van der Waals surface area (Å²) in [6.45, 7) is 0.208. The van der Waals surface area contributed by atoms with E-state index in [0.29, 0.717) is 5.92 Å². The van der Waals surface area contributed by atoms with Crippen LogP contribution in [0, 0.1) is 5.92 Å². The SMILES string of the molecule is O=C(O)COc1ccc(C(=O)CNC(=O)/C=C/C2CCNCC2)cc1OCC(=O)O. The van der Waals surface area contributed by atoms with E-state index in [0.717, 1.165) is 25.9 Å². The van der Waals surface area contributed by atoms with Gasteiger partial charge in [-0.05, 0) is 56.1 Å². The van der Waals surface area contributed by atoms with E-state index in [9.17, 15) is 19.2 Å². The summed E-state index contributed by atoms with van der Waals surface area (Å²) < 4.78 is 10.1. The highest BCUT2D eigenvalue weighted by Crippen LogP contribution is 2.28. The van der Waals surface area contributed by atoms with Crippen molar-refractivity contribution in [3.05, 3.63) is 35.9 Å². The quantitative estimate of drug-likeness (QED) is 0.296. The number of hydrogen-bond acceptors (Lipinski definition) is 7. The summed E-state index contributed by atoms with van der Waals surface area (Å²) in [6.07, 6.45) is 5.18. The van der Waals surface area contributed by atoms with Crippen molar-refractivity contribution in [2.24, 2.45) is 5.92 Å². The molecule has 0 aromatic heterocycles. The second-order valence-corrected chi connectivity index (χ2v) is 6.61. The minimum Gasteiger partial charge on any atom is -0.479 e. The van der Waals surface area contributed by atoms with Crippen LogP contribution >= 0.6 is 0 Å². The number of hydrogen-bond donors (Lipinski definition) is 4. The molecule has 0 saturated carbocycles. The summed E-state index contributed by atoms with van der Waals surface area (Å²) in [4.78, 5) is 45.7. The molecule has 1 aromatic carbocycles. The Morgan fingerprint density at radius 1 is 1.03 bits per heavy atom. The number of ether oxygens (including phenoxy) is 2. The average molecular weight is 420 g/mol. The van der Waals surface area contributed by atoms with Gasteiger partial charge in [0.05, 0.1) is 6.54 Å². The number of Topliss-reactive ketones (excluding diaryl/α,β-unsaturated/α-hetero) is 1. The molecule has 0 bridgehead atoms. The summed E-state index contributed by atoms with van der Waals surface area (Å²) >= 11 is 0. The predicted octanol–water partition coefficient (Wildman–Crippen LogP) is 0.468. The summed E-state index contributed by atoms with van der Waals surface area (Å²) in [7, 11) is 0. The molecular weight excluding hydrogens is 396 g/mol. The second-order valence-electron chi connectivity index (χ2n) is 6.61. The van der Waals surface area contributed by atoms with Gasteiger partial charge in [-0.2, -0.15) is 0 Å². The van der Waals surface area contributed by atoms with E-state index in [-0.39, 0.29) is 29.5 Å². The van der Waals surface area contributed by atoms with E-state index in [1.807, 2.05) is 6.08 Å². The fraction of sp³-hybridized carbons (Fsp3) is 0.400. The van der Waals surface area contributed by atoms with Crippen LogP contribution in [0.4, 0.5) is 0 Å². The van der Waals surface area contributed by atoms with Crippen LogP contribution in [0.3, 0.4) is 0 Å². The number of amides is 1.